The molecule has 0 bridgehead atoms. The highest BCUT2D eigenvalue weighted by Crippen LogP contribution is 2.37. The summed E-state index contributed by atoms with van der Waals surface area (Å²) in [4.78, 5) is 13.7. The zero-order valence-corrected chi connectivity index (χ0v) is 18.2. The Morgan fingerprint density at radius 2 is 1.52 bits per heavy atom. The maximum absolute atomic E-state index is 13.7. The molecule has 4 nitrogen and oxygen atoms in total. The zero-order valence-electron chi connectivity index (χ0n) is 16.7. The van der Waals surface area contributed by atoms with Crippen LogP contribution in [0.2, 0.25) is 5.02 Å². The normalized spacial score (nSPS) is 12.7. The van der Waals surface area contributed by atoms with Gasteiger partial charge in [0, 0.05) is 22.1 Å². The van der Waals surface area contributed by atoms with Crippen molar-refractivity contribution in [3.8, 4) is 5.69 Å². The number of halogens is 1. The van der Waals surface area contributed by atoms with Gasteiger partial charge in [-0.25, -0.2) is 4.68 Å². The zero-order chi connectivity index (χ0) is 21.2. The number of carbonyl (C=O) groups excluding carboxylic acids is 1. The van der Waals surface area contributed by atoms with Crippen LogP contribution in [0.3, 0.4) is 0 Å². The predicted octanol–water partition coefficient (Wildman–Crippen LogP) is 6.04. The first kappa shape index (κ1) is 19.9. The number of hydrogen-bond acceptors (Lipinski definition) is 3. The molecule has 0 saturated carbocycles. The number of rotatable bonds is 5. The van der Waals surface area contributed by atoms with Gasteiger partial charge in [0.15, 0.2) is 0 Å². The van der Waals surface area contributed by atoms with Crippen LogP contribution in [-0.2, 0) is 16.3 Å². The highest BCUT2D eigenvalue weighted by Gasteiger charge is 2.28. The quantitative estimate of drug-likeness (QED) is 0.407. The van der Waals surface area contributed by atoms with Crippen molar-refractivity contribution >= 4 is 35.1 Å². The van der Waals surface area contributed by atoms with Crippen molar-refractivity contribution in [1.29, 1.82) is 0 Å². The Morgan fingerprint density at radius 3 is 2.13 bits per heavy atom. The molecule has 3 aromatic carbocycles. The maximum atomic E-state index is 13.7. The van der Waals surface area contributed by atoms with Gasteiger partial charge < -0.3 is 5.32 Å². The lowest BCUT2D eigenvalue weighted by atomic mass is 9.90. The molecule has 0 spiro atoms. The largest absolute Gasteiger partial charge is 0.309 e. The Hall–Kier alpha value is -3.02. The van der Waals surface area contributed by atoms with E-state index in [4.69, 9.17) is 16.7 Å². The van der Waals surface area contributed by atoms with E-state index in [0.29, 0.717) is 5.02 Å². The van der Waals surface area contributed by atoms with Crippen LogP contribution in [0.15, 0.2) is 84.9 Å². The van der Waals surface area contributed by atoms with E-state index in [1.807, 2.05) is 101 Å². The van der Waals surface area contributed by atoms with Crippen LogP contribution in [0.4, 0.5) is 5.82 Å². The Labute approximate surface area is 190 Å². The number of nitrogens with one attached hydrogen (secondary N) is 1. The standard InChI is InChI=1S/C25H20ClN3OS/c26-19-11-13-20(14-12-19)29-24(21-15-31-16-22(21)28-29)27-25(30)23(17-7-3-1-4-8-17)18-9-5-2-6-10-18/h1-14,23H,15-16H2,(H,27,30). The monoisotopic (exact) mass is 445 g/mol. The van der Waals surface area contributed by atoms with Crippen LogP contribution in [0.5, 0.6) is 0 Å². The minimum Gasteiger partial charge on any atom is -0.309 e. The van der Waals surface area contributed by atoms with Gasteiger partial charge in [0.2, 0.25) is 5.91 Å². The first-order chi connectivity index (χ1) is 15.2. The molecule has 0 radical (unpaired) electrons. The van der Waals surface area contributed by atoms with Gasteiger partial charge in [-0.1, -0.05) is 72.3 Å². The average molecular weight is 446 g/mol. The van der Waals surface area contributed by atoms with E-state index in [1.165, 1.54) is 0 Å². The van der Waals surface area contributed by atoms with Gasteiger partial charge in [-0.15, -0.1) is 0 Å². The third-order valence-corrected chi connectivity index (χ3v) is 6.62. The molecule has 5 rings (SSSR count). The fourth-order valence-corrected chi connectivity index (χ4v) is 5.05. The molecule has 31 heavy (non-hydrogen) atoms. The van der Waals surface area contributed by atoms with Crippen molar-refractivity contribution in [2.45, 2.75) is 17.4 Å². The molecule has 1 aromatic heterocycles. The lowest BCUT2D eigenvalue weighted by Crippen LogP contribution is -2.24. The van der Waals surface area contributed by atoms with Crippen LogP contribution in [0.1, 0.15) is 28.3 Å². The second-order valence-corrected chi connectivity index (χ2v) is 8.82. The van der Waals surface area contributed by atoms with Crippen molar-refractivity contribution in [2.75, 3.05) is 5.32 Å². The highest BCUT2D eigenvalue weighted by molar-refractivity contribution is 7.98. The van der Waals surface area contributed by atoms with Gasteiger partial charge in [-0.2, -0.15) is 16.9 Å². The van der Waals surface area contributed by atoms with E-state index < -0.39 is 5.92 Å². The Morgan fingerprint density at radius 1 is 0.903 bits per heavy atom. The second kappa shape index (κ2) is 8.61. The van der Waals surface area contributed by atoms with Crippen LogP contribution in [0.25, 0.3) is 5.69 Å². The molecular formula is C25H20ClN3OS. The van der Waals surface area contributed by atoms with Crippen molar-refractivity contribution in [1.82, 2.24) is 9.78 Å². The molecule has 6 heteroatoms. The molecule has 2 heterocycles. The molecule has 1 aliphatic rings. The highest BCUT2D eigenvalue weighted by atomic mass is 35.5. The van der Waals surface area contributed by atoms with Crippen molar-refractivity contribution in [3.05, 3.63) is 112 Å². The van der Waals surface area contributed by atoms with Gasteiger partial charge in [0.25, 0.3) is 0 Å². The smallest absolute Gasteiger partial charge is 0.237 e. The van der Waals surface area contributed by atoms with Crippen LogP contribution in [-0.4, -0.2) is 15.7 Å². The average Bonchev–Trinajstić information content (AvgIpc) is 3.39. The summed E-state index contributed by atoms with van der Waals surface area (Å²) in [5.74, 6) is 1.93. The molecule has 0 saturated heterocycles. The first-order valence-electron chi connectivity index (χ1n) is 10.1. The van der Waals surface area contributed by atoms with E-state index >= 15 is 0 Å². The summed E-state index contributed by atoms with van der Waals surface area (Å²) in [6.45, 7) is 0. The summed E-state index contributed by atoms with van der Waals surface area (Å²) < 4.78 is 1.83. The van der Waals surface area contributed by atoms with Crippen molar-refractivity contribution in [3.63, 3.8) is 0 Å². The van der Waals surface area contributed by atoms with Gasteiger partial charge in [0.05, 0.1) is 17.3 Å². The minimum absolute atomic E-state index is 0.0767. The minimum atomic E-state index is -0.416. The number of aromatic nitrogens is 2. The summed E-state index contributed by atoms with van der Waals surface area (Å²) in [5, 5.41) is 8.67. The summed E-state index contributed by atoms with van der Waals surface area (Å²) in [7, 11) is 0. The van der Waals surface area contributed by atoms with E-state index in [9.17, 15) is 4.79 Å². The summed E-state index contributed by atoms with van der Waals surface area (Å²) in [6.07, 6.45) is 0. The lowest BCUT2D eigenvalue weighted by molar-refractivity contribution is -0.116. The molecule has 154 valence electrons. The van der Waals surface area contributed by atoms with Crippen LogP contribution < -0.4 is 5.32 Å². The Kier molecular flexibility index (Phi) is 5.53. The molecule has 0 atom stereocenters. The molecule has 4 aromatic rings. The third-order valence-electron chi connectivity index (χ3n) is 5.39. The van der Waals surface area contributed by atoms with Crippen LogP contribution in [0, 0.1) is 0 Å². The Balaban J connectivity index is 1.55. The van der Waals surface area contributed by atoms with Gasteiger partial charge in [-0.05, 0) is 35.4 Å². The summed E-state index contributed by atoms with van der Waals surface area (Å²) in [6, 6.07) is 27.3. The topological polar surface area (TPSA) is 46.9 Å². The molecule has 1 amide bonds. The molecule has 1 N–H and O–H groups in total. The Bertz CT molecular complexity index is 1170. The van der Waals surface area contributed by atoms with E-state index in [-0.39, 0.29) is 5.91 Å². The van der Waals surface area contributed by atoms with E-state index in [0.717, 1.165) is 45.4 Å². The number of benzene rings is 3. The fraction of sp³-hybridized carbons (Fsp3) is 0.120. The second-order valence-electron chi connectivity index (χ2n) is 7.40. The SMILES string of the molecule is O=C(Nc1c2c(nn1-c1ccc(Cl)cc1)CSC2)C(c1ccccc1)c1ccccc1. The maximum Gasteiger partial charge on any atom is 0.237 e. The van der Waals surface area contributed by atoms with E-state index in [1.54, 1.807) is 0 Å². The molecule has 1 aliphatic heterocycles. The lowest BCUT2D eigenvalue weighted by Gasteiger charge is -2.19. The summed E-state index contributed by atoms with van der Waals surface area (Å²) in [5.41, 5.74) is 4.89. The molecule has 0 unspecified atom stereocenters. The number of thioether (sulfide) groups is 1. The summed E-state index contributed by atoms with van der Waals surface area (Å²) >= 11 is 7.88. The number of fused-ring (bicyclic) bond motifs is 1. The van der Waals surface area contributed by atoms with Gasteiger partial charge >= 0.3 is 0 Å². The van der Waals surface area contributed by atoms with Crippen molar-refractivity contribution < 1.29 is 4.79 Å². The van der Waals surface area contributed by atoms with Gasteiger partial charge in [-0.3, -0.25) is 4.79 Å². The third kappa shape index (κ3) is 3.99. The van der Waals surface area contributed by atoms with Crippen molar-refractivity contribution in [2.24, 2.45) is 0 Å². The number of carbonyl (C=O) groups is 1. The molecular weight excluding hydrogens is 426 g/mol. The number of hydrogen-bond donors (Lipinski definition) is 1. The molecule has 0 aliphatic carbocycles. The first-order valence-corrected chi connectivity index (χ1v) is 11.6. The molecule has 0 fully saturated rings. The van der Waals surface area contributed by atoms with Crippen LogP contribution >= 0.6 is 23.4 Å². The number of amides is 1. The number of nitrogens with zero attached hydrogens (tertiary/aromatic N) is 2. The van der Waals surface area contributed by atoms with Gasteiger partial charge in [0.1, 0.15) is 5.82 Å². The number of anilines is 1. The predicted molar refractivity (Wildman–Crippen MR) is 127 cm³/mol. The fourth-order valence-electron chi connectivity index (χ4n) is 3.89. The van der Waals surface area contributed by atoms with E-state index in [2.05, 4.69) is 5.32 Å².